The summed E-state index contributed by atoms with van der Waals surface area (Å²) in [6, 6.07) is 11.0. The minimum atomic E-state index is 0.0499. The second kappa shape index (κ2) is 6.50. The molecule has 0 radical (unpaired) electrons. The minimum Gasteiger partial charge on any atom is -0.461 e. The second-order valence-corrected chi connectivity index (χ2v) is 6.42. The minimum absolute atomic E-state index is 0.0499. The summed E-state index contributed by atoms with van der Waals surface area (Å²) >= 11 is 4.72. The molecule has 3 aromatic rings. The highest BCUT2D eigenvalue weighted by molar-refractivity contribution is 9.10. The van der Waals surface area contributed by atoms with Crippen molar-refractivity contribution in [3.8, 4) is 11.6 Å². The number of hydrogen-bond donors (Lipinski definition) is 0. The molecule has 0 atom stereocenters. The maximum atomic E-state index is 12.2. The lowest BCUT2D eigenvalue weighted by Crippen LogP contribution is -2.03. The summed E-state index contributed by atoms with van der Waals surface area (Å²) in [6.45, 7) is 0. The van der Waals surface area contributed by atoms with Crippen LogP contribution in [0.5, 0.6) is 0 Å². The monoisotopic (exact) mass is 377 g/mol. The van der Waals surface area contributed by atoms with Crippen molar-refractivity contribution in [3.05, 3.63) is 52.7 Å². The van der Waals surface area contributed by atoms with E-state index in [-0.39, 0.29) is 5.78 Å². The molecule has 0 saturated heterocycles. The second-order valence-electron chi connectivity index (χ2n) is 4.56. The van der Waals surface area contributed by atoms with E-state index in [0.29, 0.717) is 28.1 Å². The van der Waals surface area contributed by atoms with E-state index in [2.05, 4.69) is 26.1 Å². The number of aromatic nitrogens is 3. The summed E-state index contributed by atoms with van der Waals surface area (Å²) in [6.07, 6.45) is 1.59. The van der Waals surface area contributed by atoms with Crippen LogP contribution < -0.4 is 0 Å². The molecule has 0 aliphatic rings. The van der Waals surface area contributed by atoms with Crippen molar-refractivity contribution in [2.24, 2.45) is 7.05 Å². The summed E-state index contributed by atoms with van der Waals surface area (Å²) in [5.74, 6) is 1.65. The first-order chi connectivity index (χ1) is 10.6. The average molecular weight is 378 g/mol. The summed E-state index contributed by atoms with van der Waals surface area (Å²) in [5.41, 5.74) is 0.676. The van der Waals surface area contributed by atoms with Gasteiger partial charge in [-0.05, 0) is 24.3 Å². The number of halogens is 1. The zero-order valence-electron chi connectivity index (χ0n) is 11.7. The molecule has 1 aromatic carbocycles. The fourth-order valence-corrected chi connectivity index (χ4v) is 3.14. The van der Waals surface area contributed by atoms with Gasteiger partial charge in [0, 0.05) is 17.1 Å². The standard InChI is InChI=1S/C15H12BrN3O2S/c1-19-14(13-6-3-7-21-13)17-18-15(19)22-9-12(20)10-4-2-5-11(16)8-10/h2-8H,9H2,1H3. The van der Waals surface area contributed by atoms with Crippen LogP contribution >= 0.6 is 27.7 Å². The van der Waals surface area contributed by atoms with Crippen LogP contribution in [0.4, 0.5) is 0 Å². The quantitative estimate of drug-likeness (QED) is 0.499. The zero-order valence-corrected chi connectivity index (χ0v) is 14.1. The SMILES string of the molecule is Cn1c(SCC(=O)c2cccc(Br)c2)nnc1-c1ccco1. The fraction of sp³-hybridized carbons (Fsp3) is 0.133. The summed E-state index contributed by atoms with van der Waals surface area (Å²) in [4.78, 5) is 12.2. The Morgan fingerprint density at radius 1 is 1.32 bits per heavy atom. The van der Waals surface area contributed by atoms with Gasteiger partial charge in [0.15, 0.2) is 22.5 Å². The van der Waals surface area contributed by atoms with E-state index in [1.807, 2.05) is 35.9 Å². The Labute approximate surface area is 139 Å². The molecule has 0 saturated carbocycles. The highest BCUT2D eigenvalue weighted by Crippen LogP contribution is 2.23. The molecule has 0 bridgehead atoms. The predicted octanol–water partition coefficient (Wildman–Crippen LogP) is 3.81. The molecule has 3 rings (SSSR count). The molecule has 0 unspecified atom stereocenters. The number of carbonyl (C=O) groups is 1. The Bertz CT molecular complexity index is 799. The summed E-state index contributed by atoms with van der Waals surface area (Å²) in [5, 5.41) is 8.89. The van der Waals surface area contributed by atoms with Crippen molar-refractivity contribution in [3.63, 3.8) is 0 Å². The van der Waals surface area contributed by atoms with Crippen molar-refractivity contribution in [1.29, 1.82) is 0 Å². The van der Waals surface area contributed by atoms with Crippen molar-refractivity contribution in [1.82, 2.24) is 14.8 Å². The van der Waals surface area contributed by atoms with Crippen LogP contribution in [-0.4, -0.2) is 26.3 Å². The maximum absolute atomic E-state index is 12.2. The number of thioether (sulfide) groups is 1. The third kappa shape index (κ3) is 3.15. The third-order valence-electron chi connectivity index (χ3n) is 3.06. The van der Waals surface area contributed by atoms with Gasteiger partial charge >= 0.3 is 0 Å². The molecular weight excluding hydrogens is 366 g/mol. The van der Waals surface area contributed by atoms with Crippen LogP contribution in [0, 0.1) is 0 Å². The molecule has 22 heavy (non-hydrogen) atoms. The van der Waals surface area contributed by atoms with Gasteiger partial charge in [-0.3, -0.25) is 4.79 Å². The number of benzene rings is 1. The van der Waals surface area contributed by atoms with E-state index in [9.17, 15) is 4.79 Å². The number of furan rings is 1. The van der Waals surface area contributed by atoms with Gasteiger partial charge in [0.1, 0.15) is 0 Å². The molecule has 0 N–H and O–H groups in total. The number of carbonyl (C=O) groups excluding carboxylic acids is 1. The van der Waals surface area contributed by atoms with Gasteiger partial charge in [0.05, 0.1) is 12.0 Å². The van der Waals surface area contributed by atoms with Crippen molar-refractivity contribution < 1.29 is 9.21 Å². The van der Waals surface area contributed by atoms with Crippen LogP contribution in [0.2, 0.25) is 0 Å². The Hall–Kier alpha value is -1.86. The topological polar surface area (TPSA) is 60.9 Å². The number of nitrogens with zero attached hydrogens (tertiary/aromatic N) is 3. The molecule has 5 nitrogen and oxygen atoms in total. The number of rotatable bonds is 5. The highest BCUT2D eigenvalue weighted by atomic mass is 79.9. The van der Waals surface area contributed by atoms with Crippen molar-refractivity contribution in [2.75, 3.05) is 5.75 Å². The van der Waals surface area contributed by atoms with E-state index < -0.39 is 0 Å². The van der Waals surface area contributed by atoms with Gasteiger partial charge in [0.2, 0.25) is 0 Å². The molecule has 0 aliphatic carbocycles. The van der Waals surface area contributed by atoms with Gasteiger partial charge in [-0.1, -0.05) is 39.8 Å². The van der Waals surface area contributed by atoms with E-state index in [1.165, 1.54) is 11.8 Å². The van der Waals surface area contributed by atoms with E-state index in [1.54, 1.807) is 18.4 Å². The lowest BCUT2D eigenvalue weighted by atomic mass is 10.2. The smallest absolute Gasteiger partial charge is 0.200 e. The van der Waals surface area contributed by atoms with Gasteiger partial charge in [-0.25, -0.2) is 0 Å². The van der Waals surface area contributed by atoms with E-state index in [4.69, 9.17) is 4.42 Å². The Balaban J connectivity index is 1.71. The van der Waals surface area contributed by atoms with Crippen molar-refractivity contribution >= 4 is 33.5 Å². The number of hydrogen-bond acceptors (Lipinski definition) is 5. The molecular formula is C15H12BrN3O2S. The maximum Gasteiger partial charge on any atom is 0.200 e. The summed E-state index contributed by atoms with van der Waals surface area (Å²) < 4.78 is 8.03. The first-order valence-electron chi connectivity index (χ1n) is 6.50. The number of Topliss-reactive ketones (excluding diaryl/α,β-unsaturated/α-hetero) is 1. The first-order valence-corrected chi connectivity index (χ1v) is 8.28. The van der Waals surface area contributed by atoms with Gasteiger partial charge in [-0.15, -0.1) is 10.2 Å². The zero-order chi connectivity index (χ0) is 15.5. The molecule has 112 valence electrons. The van der Waals surface area contributed by atoms with Crippen LogP contribution in [-0.2, 0) is 7.05 Å². The average Bonchev–Trinajstić information content (AvgIpc) is 3.14. The molecule has 0 amide bonds. The Morgan fingerprint density at radius 3 is 2.91 bits per heavy atom. The Morgan fingerprint density at radius 2 is 2.18 bits per heavy atom. The van der Waals surface area contributed by atoms with Crippen molar-refractivity contribution in [2.45, 2.75) is 5.16 Å². The summed E-state index contributed by atoms with van der Waals surface area (Å²) in [7, 11) is 1.85. The van der Waals surface area contributed by atoms with Gasteiger partial charge in [0.25, 0.3) is 0 Å². The fourth-order valence-electron chi connectivity index (χ4n) is 1.94. The molecule has 2 aromatic heterocycles. The molecule has 0 fully saturated rings. The normalized spacial score (nSPS) is 10.8. The van der Waals surface area contributed by atoms with Crippen LogP contribution in [0.3, 0.4) is 0 Å². The van der Waals surface area contributed by atoms with Crippen LogP contribution in [0.1, 0.15) is 10.4 Å². The predicted molar refractivity (Wildman–Crippen MR) is 87.9 cm³/mol. The third-order valence-corrected chi connectivity index (χ3v) is 4.57. The molecule has 0 spiro atoms. The molecule has 2 heterocycles. The van der Waals surface area contributed by atoms with Crippen LogP contribution in [0.15, 0.2) is 56.7 Å². The number of ketones is 1. The first kappa shape index (κ1) is 15.1. The van der Waals surface area contributed by atoms with Gasteiger partial charge < -0.3 is 8.98 Å². The van der Waals surface area contributed by atoms with E-state index in [0.717, 1.165) is 4.47 Å². The lowest BCUT2D eigenvalue weighted by molar-refractivity contribution is 0.102. The Kier molecular flexibility index (Phi) is 4.44. The highest BCUT2D eigenvalue weighted by Gasteiger charge is 2.15. The molecule has 0 aliphatic heterocycles. The van der Waals surface area contributed by atoms with Crippen LogP contribution in [0.25, 0.3) is 11.6 Å². The lowest BCUT2D eigenvalue weighted by Gasteiger charge is -2.03. The molecule has 7 heteroatoms. The van der Waals surface area contributed by atoms with Gasteiger partial charge in [-0.2, -0.15) is 0 Å². The van der Waals surface area contributed by atoms with E-state index >= 15 is 0 Å². The largest absolute Gasteiger partial charge is 0.461 e.